The maximum atomic E-state index is 10.7. The van der Waals surface area contributed by atoms with Crippen LogP contribution in [0.1, 0.15) is 5.56 Å². The number of thioether (sulfide) groups is 8. The highest BCUT2D eigenvalue weighted by Gasteiger charge is 2.29. The van der Waals surface area contributed by atoms with Gasteiger partial charge in [-0.1, -0.05) is 102 Å². The lowest BCUT2D eigenvalue weighted by Crippen LogP contribution is -2.17. The van der Waals surface area contributed by atoms with Gasteiger partial charge in [-0.3, -0.25) is 4.79 Å². The van der Waals surface area contributed by atoms with Gasteiger partial charge in [0.05, 0.1) is 25.4 Å². The molecule has 0 saturated carbocycles. The standard InChI is InChI=1S/C29H20OS8/c30-11-5-1-2-6-17-9-10-20-21(16-17)23(25-37-28-29(38-25)34-15-14-33-28)19-8-4-3-7-18(19)22(20)24-35-26-27(36-24)32-13-12-31-26/h1-11,16H,12-15H2/b5-1+,6-2+. The van der Waals surface area contributed by atoms with Crippen molar-refractivity contribution in [2.75, 3.05) is 23.0 Å². The zero-order valence-corrected chi connectivity index (χ0v) is 26.5. The molecule has 7 rings (SSSR count). The van der Waals surface area contributed by atoms with Crippen molar-refractivity contribution in [2.45, 2.75) is 0 Å². The highest BCUT2D eigenvalue weighted by Crippen LogP contribution is 2.61. The summed E-state index contributed by atoms with van der Waals surface area (Å²) in [6.07, 6.45) is 8.17. The Morgan fingerprint density at radius 1 is 0.526 bits per heavy atom. The van der Waals surface area contributed by atoms with Crippen LogP contribution in [-0.2, 0) is 4.79 Å². The molecular weight excluding hydrogens is 621 g/mol. The second-order valence-corrected chi connectivity index (χ2v) is 18.6. The molecule has 38 heavy (non-hydrogen) atoms. The Morgan fingerprint density at radius 2 is 1.03 bits per heavy atom. The molecule has 0 N–H and O–H groups in total. The van der Waals surface area contributed by atoms with E-state index in [0.717, 1.165) is 11.8 Å². The summed E-state index contributed by atoms with van der Waals surface area (Å²) in [5.41, 5.74) is 1.14. The van der Waals surface area contributed by atoms with Gasteiger partial charge in [0, 0.05) is 33.4 Å². The van der Waals surface area contributed by atoms with Crippen LogP contribution in [0, 0.1) is 0 Å². The van der Waals surface area contributed by atoms with Crippen molar-refractivity contribution in [1.82, 2.24) is 0 Å². The summed E-state index contributed by atoms with van der Waals surface area (Å²) < 4.78 is 8.70. The largest absolute Gasteiger partial charge is 0.299 e. The molecule has 1 nitrogen and oxygen atoms in total. The van der Waals surface area contributed by atoms with E-state index in [1.807, 2.05) is 100 Å². The van der Waals surface area contributed by atoms with Gasteiger partial charge >= 0.3 is 0 Å². The third kappa shape index (κ3) is 5.00. The first-order valence-corrected chi connectivity index (χ1v) is 19.2. The second-order valence-electron chi connectivity index (χ2n) is 8.51. The summed E-state index contributed by atoms with van der Waals surface area (Å²) in [6.45, 7) is 0. The van der Waals surface area contributed by atoms with Crippen molar-refractivity contribution in [3.05, 3.63) is 93.6 Å². The van der Waals surface area contributed by atoms with Gasteiger partial charge in [0.15, 0.2) is 0 Å². The summed E-state index contributed by atoms with van der Waals surface area (Å²) in [5, 5.41) is 8.04. The molecule has 0 aliphatic carbocycles. The van der Waals surface area contributed by atoms with Crippen molar-refractivity contribution in [1.29, 1.82) is 0 Å². The number of carbonyl (C=O) groups excluding carboxylic acids is 1. The molecule has 4 aliphatic rings. The molecular formula is C29H20OS8. The van der Waals surface area contributed by atoms with Crippen molar-refractivity contribution in [3.8, 4) is 0 Å². The van der Waals surface area contributed by atoms with E-state index in [-0.39, 0.29) is 0 Å². The Hall–Kier alpha value is -0.650. The van der Waals surface area contributed by atoms with Crippen molar-refractivity contribution in [3.63, 3.8) is 0 Å². The van der Waals surface area contributed by atoms with Crippen LogP contribution < -0.4 is 10.4 Å². The number of hydrogen-bond donors (Lipinski definition) is 0. The number of hydrogen-bond acceptors (Lipinski definition) is 9. The molecule has 9 heteroatoms. The normalized spacial score (nSPS) is 20.0. The van der Waals surface area contributed by atoms with Gasteiger partial charge in [-0.25, -0.2) is 0 Å². The van der Waals surface area contributed by atoms with Gasteiger partial charge in [0.25, 0.3) is 0 Å². The molecule has 0 radical (unpaired) electrons. The molecule has 0 spiro atoms. The average Bonchev–Trinajstić information content (AvgIpc) is 3.58. The Morgan fingerprint density at radius 3 is 1.55 bits per heavy atom. The predicted molar refractivity (Wildman–Crippen MR) is 186 cm³/mol. The summed E-state index contributed by atoms with van der Waals surface area (Å²) in [4.78, 5) is 10.7. The number of allylic oxidation sites excluding steroid dienone is 3. The lowest BCUT2D eigenvalue weighted by atomic mass is 9.97. The average molecular weight is 641 g/mol. The molecule has 4 heterocycles. The van der Waals surface area contributed by atoms with E-state index >= 15 is 0 Å². The SMILES string of the molecule is O=C/C=C/C=C/c1ccc2c(=C3SC4=C(SCCS4)S3)c3ccccc3c(=C3SC4=C(SCCS4)S3)c2c1. The number of aldehydes is 1. The first-order chi connectivity index (χ1) is 18.8. The zero-order valence-electron chi connectivity index (χ0n) is 19.9. The van der Waals surface area contributed by atoms with Crippen LogP contribution in [0.15, 0.2) is 77.6 Å². The van der Waals surface area contributed by atoms with E-state index < -0.39 is 0 Å². The van der Waals surface area contributed by atoms with Crippen LogP contribution in [0.4, 0.5) is 0 Å². The fourth-order valence-corrected chi connectivity index (χ4v) is 16.8. The molecule has 0 atom stereocenters. The number of fused-ring (bicyclic) bond motifs is 2. The minimum Gasteiger partial charge on any atom is -0.299 e. The fraction of sp³-hybridized carbons (Fsp3) is 0.138. The van der Waals surface area contributed by atoms with Gasteiger partial charge in [-0.05, 0) is 39.3 Å². The minimum absolute atomic E-state index is 0.815. The molecule has 3 aromatic rings. The minimum atomic E-state index is 0.815. The maximum Gasteiger partial charge on any atom is 0.142 e. The molecule has 0 fully saturated rings. The number of benzene rings is 3. The van der Waals surface area contributed by atoms with Crippen LogP contribution in [0.2, 0.25) is 0 Å². The van der Waals surface area contributed by atoms with Crippen LogP contribution in [0.3, 0.4) is 0 Å². The maximum absolute atomic E-state index is 10.7. The Labute approximate surface area is 255 Å². The third-order valence-electron chi connectivity index (χ3n) is 6.22. The molecule has 0 saturated heterocycles. The Balaban J connectivity index is 1.53. The summed E-state index contributed by atoms with van der Waals surface area (Å²) >= 11 is 15.9. The van der Waals surface area contributed by atoms with Crippen LogP contribution in [-0.4, -0.2) is 29.3 Å². The third-order valence-corrected chi connectivity index (χ3v) is 17.8. The second kappa shape index (κ2) is 11.7. The Kier molecular flexibility index (Phi) is 8.08. The highest BCUT2D eigenvalue weighted by atomic mass is 32.3. The monoisotopic (exact) mass is 640 g/mol. The lowest BCUT2D eigenvalue weighted by molar-refractivity contribution is -0.104. The van der Waals surface area contributed by atoms with Gasteiger partial charge < -0.3 is 0 Å². The van der Waals surface area contributed by atoms with Crippen molar-refractivity contribution in [2.24, 2.45) is 0 Å². The quantitative estimate of drug-likeness (QED) is 0.120. The summed E-state index contributed by atoms with van der Waals surface area (Å²) in [6, 6.07) is 15.9. The molecule has 0 unspecified atom stereocenters. The van der Waals surface area contributed by atoms with Gasteiger partial charge in [0.2, 0.25) is 0 Å². The van der Waals surface area contributed by atoms with Crippen molar-refractivity contribution >= 4 is 136 Å². The molecule has 3 aromatic carbocycles. The highest BCUT2D eigenvalue weighted by molar-refractivity contribution is 8.47. The van der Waals surface area contributed by atoms with Crippen molar-refractivity contribution < 1.29 is 4.79 Å². The molecule has 0 aromatic heterocycles. The molecule has 0 amide bonds. The first-order valence-electron chi connectivity index (χ1n) is 12.0. The van der Waals surface area contributed by atoms with Gasteiger partial charge in [0.1, 0.15) is 6.29 Å². The number of carbonyl (C=O) groups is 1. The molecule has 4 aliphatic heterocycles. The van der Waals surface area contributed by atoms with E-state index in [2.05, 4.69) is 48.5 Å². The first kappa shape index (κ1) is 26.3. The van der Waals surface area contributed by atoms with Crippen LogP contribution in [0.25, 0.3) is 36.1 Å². The summed E-state index contributed by atoms with van der Waals surface area (Å²) in [5.74, 6) is 4.77. The van der Waals surface area contributed by atoms with Gasteiger partial charge in [-0.15, -0.1) is 47.0 Å². The van der Waals surface area contributed by atoms with Gasteiger partial charge in [-0.2, -0.15) is 0 Å². The zero-order chi connectivity index (χ0) is 25.5. The molecule has 0 bridgehead atoms. The van der Waals surface area contributed by atoms with E-state index in [0.29, 0.717) is 0 Å². The summed E-state index contributed by atoms with van der Waals surface area (Å²) in [7, 11) is 0. The predicted octanol–water partition coefficient (Wildman–Crippen LogP) is 9.07. The van der Waals surface area contributed by atoms with E-state index in [9.17, 15) is 4.79 Å². The smallest absolute Gasteiger partial charge is 0.142 e. The van der Waals surface area contributed by atoms with E-state index in [1.165, 1.54) is 86.5 Å². The fourth-order valence-electron chi connectivity index (χ4n) is 4.66. The number of rotatable bonds is 3. The molecule has 190 valence electrons. The van der Waals surface area contributed by atoms with E-state index in [4.69, 9.17) is 0 Å². The van der Waals surface area contributed by atoms with E-state index in [1.54, 1.807) is 6.08 Å². The van der Waals surface area contributed by atoms with Crippen LogP contribution >= 0.6 is 94.1 Å². The topological polar surface area (TPSA) is 17.1 Å². The Bertz CT molecular complexity index is 1710. The van der Waals surface area contributed by atoms with Crippen LogP contribution in [0.5, 0.6) is 0 Å². The lowest BCUT2D eigenvalue weighted by Gasteiger charge is -2.12.